The molecule has 0 saturated heterocycles. The third-order valence-corrected chi connectivity index (χ3v) is 4.56. The molecule has 0 aliphatic heterocycles. The summed E-state index contributed by atoms with van der Waals surface area (Å²) in [6.07, 6.45) is 6.21. The number of aryl methyl sites for hydroxylation is 2. The summed E-state index contributed by atoms with van der Waals surface area (Å²) >= 11 is 0. The molecule has 0 radical (unpaired) electrons. The highest BCUT2D eigenvalue weighted by molar-refractivity contribution is 5.82. The van der Waals surface area contributed by atoms with Crippen LogP contribution in [-0.4, -0.2) is 0 Å². The minimum Gasteiger partial charge on any atom is -0.618 e. The minimum atomic E-state index is 0.510. The van der Waals surface area contributed by atoms with Crippen molar-refractivity contribution in [2.45, 2.75) is 32.3 Å². The molecule has 1 aromatic heterocycles. The van der Waals surface area contributed by atoms with Crippen LogP contribution in [0.25, 0.3) is 10.9 Å². The van der Waals surface area contributed by atoms with E-state index in [0.29, 0.717) is 12.1 Å². The lowest BCUT2D eigenvalue weighted by Gasteiger charge is -2.17. The Labute approximate surface area is 135 Å². The lowest BCUT2D eigenvalue weighted by atomic mass is 9.90. The fourth-order valence-electron chi connectivity index (χ4n) is 3.37. The molecule has 1 aliphatic rings. The molecular weight excluding hydrogens is 286 g/mol. The minimum absolute atomic E-state index is 0.510. The predicted octanol–water partition coefficient (Wildman–Crippen LogP) is 3.93. The smallest absolute Gasteiger partial charge is 0.227 e. The van der Waals surface area contributed by atoms with Crippen molar-refractivity contribution in [2.24, 2.45) is 0 Å². The topological polar surface area (TPSA) is 36.2 Å². The number of fused-ring (bicyclic) bond motifs is 3. The largest absolute Gasteiger partial charge is 0.618 e. The van der Waals surface area contributed by atoms with Gasteiger partial charge in [0, 0.05) is 5.56 Å². The van der Waals surface area contributed by atoms with E-state index >= 15 is 0 Å². The molecule has 0 bridgehead atoms. The Kier molecular flexibility index (Phi) is 3.62. The van der Waals surface area contributed by atoms with Gasteiger partial charge in [-0.25, -0.2) is 0 Å². The van der Waals surface area contributed by atoms with E-state index in [0.717, 1.165) is 34.3 Å². The van der Waals surface area contributed by atoms with Gasteiger partial charge in [-0.2, -0.15) is 4.73 Å². The summed E-state index contributed by atoms with van der Waals surface area (Å²) in [6, 6.07) is 15.9. The fraction of sp³-hybridized carbons (Fsp3) is 0.250. The summed E-state index contributed by atoms with van der Waals surface area (Å²) in [5.41, 5.74) is 4.37. The summed E-state index contributed by atoms with van der Waals surface area (Å²) in [5.74, 6) is 0.738. The number of hydrogen-bond acceptors (Lipinski definition) is 2. The summed E-state index contributed by atoms with van der Waals surface area (Å²) in [5, 5.41) is 13.4. The SMILES string of the molecule is [O-][n+]1cc2c(c3ccc(OCc4ccccc4)cc31)CCCC2. The summed E-state index contributed by atoms with van der Waals surface area (Å²) in [7, 11) is 0. The molecule has 1 aliphatic carbocycles. The zero-order valence-electron chi connectivity index (χ0n) is 13.0. The van der Waals surface area contributed by atoms with E-state index in [9.17, 15) is 5.21 Å². The van der Waals surface area contributed by atoms with Crippen LogP contribution < -0.4 is 9.47 Å². The van der Waals surface area contributed by atoms with Gasteiger partial charge in [-0.3, -0.25) is 0 Å². The van der Waals surface area contributed by atoms with Crippen molar-refractivity contribution in [1.29, 1.82) is 0 Å². The van der Waals surface area contributed by atoms with Crippen molar-refractivity contribution >= 4 is 10.9 Å². The molecule has 0 saturated carbocycles. The number of hydrogen-bond donors (Lipinski definition) is 0. The Morgan fingerprint density at radius 3 is 2.70 bits per heavy atom. The zero-order valence-corrected chi connectivity index (χ0v) is 13.0. The van der Waals surface area contributed by atoms with E-state index < -0.39 is 0 Å². The van der Waals surface area contributed by atoms with Crippen molar-refractivity contribution in [1.82, 2.24) is 0 Å². The molecule has 0 atom stereocenters. The number of nitrogens with zero attached hydrogens (tertiary/aromatic N) is 1. The molecule has 0 fully saturated rings. The molecule has 1 heterocycles. The monoisotopic (exact) mass is 305 g/mol. The van der Waals surface area contributed by atoms with Gasteiger partial charge >= 0.3 is 0 Å². The quantitative estimate of drug-likeness (QED) is 0.543. The van der Waals surface area contributed by atoms with Crippen molar-refractivity contribution in [3.05, 3.63) is 76.6 Å². The molecule has 0 amide bonds. The molecule has 0 unspecified atom stereocenters. The molecule has 3 nitrogen and oxygen atoms in total. The lowest BCUT2D eigenvalue weighted by molar-refractivity contribution is -0.577. The van der Waals surface area contributed by atoms with Crippen molar-refractivity contribution in [2.75, 3.05) is 0 Å². The molecule has 4 rings (SSSR count). The van der Waals surface area contributed by atoms with Crippen molar-refractivity contribution in [3.8, 4) is 5.75 Å². The number of pyridine rings is 1. The molecule has 2 aromatic carbocycles. The first kappa shape index (κ1) is 14.1. The van der Waals surface area contributed by atoms with Crippen LogP contribution >= 0.6 is 0 Å². The predicted molar refractivity (Wildman–Crippen MR) is 90.3 cm³/mol. The van der Waals surface area contributed by atoms with E-state index in [1.165, 1.54) is 24.0 Å². The van der Waals surface area contributed by atoms with E-state index in [4.69, 9.17) is 4.74 Å². The molecule has 0 spiro atoms. The van der Waals surface area contributed by atoms with Crippen LogP contribution in [0, 0.1) is 5.21 Å². The van der Waals surface area contributed by atoms with Gasteiger partial charge in [0.05, 0.1) is 11.5 Å². The van der Waals surface area contributed by atoms with Crippen LogP contribution in [-0.2, 0) is 19.4 Å². The van der Waals surface area contributed by atoms with Gasteiger partial charge in [0.15, 0.2) is 6.20 Å². The first-order chi connectivity index (χ1) is 11.3. The van der Waals surface area contributed by atoms with Crippen molar-refractivity contribution < 1.29 is 9.47 Å². The number of benzene rings is 2. The second-order valence-electron chi connectivity index (χ2n) is 6.12. The van der Waals surface area contributed by atoms with E-state index in [2.05, 4.69) is 0 Å². The van der Waals surface area contributed by atoms with Gasteiger partial charge < -0.3 is 9.94 Å². The maximum Gasteiger partial charge on any atom is 0.227 e. The summed E-state index contributed by atoms with van der Waals surface area (Å²) < 4.78 is 6.84. The highest BCUT2D eigenvalue weighted by Crippen LogP contribution is 2.29. The van der Waals surface area contributed by atoms with Crippen LogP contribution in [0.5, 0.6) is 5.75 Å². The van der Waals surface area contributed by atoms with Crippen LogP contribution in [0.15, 0.2) is 54.7 Å². The first-order valence-corrected chi connectivity index (χ1v) is 8.16. The van der Waals surface area contributed by atoms with Gasteiger partial charge in [0.1, 0.15) is 12.4 Å². The summed E-state index contributed by atoms with van der Waals surface area (Å²) in [4.78, 5) is 0. The Morgan fingerprint density at radius 2 is 1.83 bits per heavy atom. The number of aromatic nitrogens is 1. The molecule has 0 N–H and O–H groups in total. The van der Waals surface area contributed by atoms with Gasteiger partial charge in [-0.1, -0.05) is 30.3 Å². The first-order valence-electron chi connectivity index (χ1n) is 8.16. The average molecular weight is 305 g/mol. The maximum atomic E-state index is 12.3. The van der Waals surface area contributed by atoms with E-state index in [1.807, 2.05) is 48.5 Å². The van der Waals surface area contributed by atoms with Crippen LogP contribution in [0.2, 0.25) is 0 Å². The summed E-state index contributed by atoms with van der Waals surface area (Å²) in [6.45, 7) is 0.510. The zero-order chi connectivity index (χ0) is 15.6. The van der Waals surface area contributed by atoms with Crippen LogP contribution in [0.1, 0.15) is 29.5 Å². The maximum absolute atomic E-state index is 12.3. The van der Waals surface area contributed by atoms with Crippen molar-refractivity contribution in [3.63, 3.8) is 0 Å². The number of ether oxygens (including phenoxy) is 1. The highest BCUT2D eigenvalue weighted by atomic mass is 16.5. The Balaban J connectivity index is 1.66. The number of rotatable bonds is 3. The molecule has 116 valence electrons. The fourth-order valence-corrected chi connectivity index (χ4v) is 3.37. The Morgan fingerprint density at radius 1 is 1.00 bits per heavy atom. The van der Waals surface area contributed by atoms with Gasteiger partial charge in [-0.05, 0) is 48.9 Å². The van der Waals surface area contributed by atoms with E-state index in [1.54, 1.807) is 6.20 Å². The van der Waals surface area contributed by atoms with Crippen LogP contribution in [0.3, 0.4) is 0 Å². The Bertz CT molecular complexity index is 843. The molecule has 23 heavy (non-hydrogen) atoms. The average Bonchev–Trinajstić information content (AvgIpc) is 2.61. The second kappa shape index (κ2) is 5.92. The molecular formula is C20H19NO2. The molecule has 3 aromatic rings. The van der Waals surface area contributed by atoms with Crippen LogP contribution in [0.4, 0.5) is 0 Å². The highest BCUT2D eigenvalue weighted by Gasteiger charge is 2.18. The third-order valence-electron chi connectivity index (χ3n) is 4.56. The molecule has 3 heteroatoms. The standard InChI is InChI=1S/C20H19NO2/c22-21-13-16-8-4-5-9-18(16)19-11-10-17(12-20(19)21)23-14-15-6-2-1-3-7-15/h1-3,6-7,10-13H,4-5,8-9,14H2. The van der Waals surface area contributed by atoms with E-state index in [-0.39, 0.29) is 0 Å². The Hall–Kier alpha value is -2.55. The lowest BCUT2D eigenvalue weighted by Crippen LogP contribution is -2.29. The third kappa shape index (κ3) is 2.74. The normalized spacial score (nSPS) is 13.7. The van der Waals surface area contributed by atoms with Gasteiger partial charge in [0.2, 0.25) is 5.52 Å². The second-order valence-corrected chi connectivity index (χ2v) is 6.12. The van der Waals surface area contributed by atoms with Gasteiger partial charge in [0.25, 0.3) is 0 Å². The van der Waals surface area contributed by atoms with Gasteiger partial charge in [-0.15, -0.1) is 0 Å².